The fraction of sp³-hybridized carbons (Fsp3) is 0.308. The van der Waals surface area contributed by atoms with Crippen molar-refractivity contribution in [1.82, 2.24) is 4.98 Å². The van der Waals surface area contributed by atoms with Gasteiger partial charge in [-0.1, -0.05) is 31.5 Å². The Morgan fingerprint density at radius 2 is 1.79 bits per heavy atom. The lowest BCUT2D eigenvalue weighted by Crippen LogP contribution is -2.10. The third-order valence-corrected chi connectivity index (χ3v) is 5.11. The standard InChI is InChI=1S/C26H26F3NO3/c1-4-5-9-25(33-21-14-15-24(17(2)16-21)32-18(3)31)23-8-6-7-22(30-23)19-10-12-20(13-11-19)26(27,28)29/h6-8,10-16,25H,4-5,9H2,1-3H3/t25-/m0/s1. The van der Waals surface area contributed by atoms with Gasteiger partial charge < -0.3 is 9.47 Å². The van der Waals surface area contributed by atoms with Gasteiger partial charge in [0.15, 0.2) is 0 Å². The van der Waals surface area contributed by atoms with Crippen LogP contribution in [0.25, 0.3) is 11.3 Å². The van der Waals surface area contributed by atoms with Gasteiger partial charge in [-0.25, -0.2) is 4.98 Å². The second kappa shape index (κ2) is 10.5. The van der Waals surface area contributed by atoms with Gasteiger partial charge in [0.25, 0.3) is 0 Å². The Labute approximate surface area is 191 Å². The third-order valence-electron chi connectivity index (χ3n) is 5.11. The summed E-state index contributed by atoms with van der Waals surface area (Å²) in [6.45, 7) is 5.26. The Kier molecular flexibility index (Phi) is 7.74. The number of aromatic nitrogens is 1. The summed E-state index contributed by atoms with van der Waals surface area (Å²) in [6.07, 6.45) is -2.09. The molecule has 0 aliphatic rings. The molecule has 33 heavy (non-hydrogen) atoms. The fourth-order valence-electron chi connectivity index (χ4n) is 3.41. The van der Waals surface area contributed by atoms with Crippen molar-refractivity contribution in [3.05, 3.63) is 77.5 Å². The topological polar surface area (TPSA) is 48.4 Å². The first-order chi connectivity index (χ1) is 15.7. The first-order valence-corrected chi connectivity index (χ1v) is 10.8. The quantitative estimate of drug-likeness (QED) is 0.263. The van der Waals surface area contributed by atoms with E-state index in [1.54, 1.807) is 24.3 Å². The molecule has 0 unspecified atom stereocenters. The van der Waals surface area contributed by atoms with E-state index in [1.807, 2.05) is 19.1 Å². The van der Waals surface area contributed by atoms with E-state index < -0.39 is 17.7 Å². The van der Waals surface area contributed by atoms with E-state index in [4.69, 9.17) is 9.47 Å². The highest BCUT2D eigenvalue weighted by Crippen LogP contribution is 2.32. The average Bonchev–Trinajstić information content (AvgIpc) is 2.78. The van der Waals surface area contributed by atoms with E-state index in [2.05, 4.69) is 11.9 Å². The summed E-state index contributed by atoms with van der Waals surface area (Å²) in [5, 5.41) is 0. The predicted octanol–water partition coefficient (Wildman–Crippen LogP) is 7.31. The molecule has 0 radical (unpaired) electrons. The van der Waals surface area contributed by atoms with Crippen LogP contribution >= 0.6 is 0 Å². The number of hydrogen-bond acceptors (Lipinski definition) is 4. The monoisotopic (exact) mass is 457 g/mol. The van der Waals surface area contributed by atoms with Crippen LogP contribution in [0.4, 0.5) is 13.2 Å². The molecule has 7 heteroatoms. The maximum Gasteiger partial charge on any atom is 0.416 e. The Morgan fingerprint density at radius 1 is 1.06 bits per heavy atom. The Bertz CT molecular complexity index is 1090. The van der Waals surface area contributed by atoms with Crippen molar-refractivity contribution in [2.45, 2.75) is 52.3 Å². The van der Waals surface area contributed by atoms with Crippen molar-refractivity contribution in [3.8, 4) is 22.8 Å². The number of nitrogens with zero attached hydrogens (tertiary/aromatic N) is 1. The lowest BCUT2D eigenvalue weighted by Gasteiger charge is -2.20. The number of hydrogen-bond donors (Lipinski definition) is 0. The zero-order chi connectivity index (χ0) is 24.0. The Morgan fingerprint density at radius 3 is 2.39 bits per heavy atom. The molecule has 3 rings (SSSR count). The van der Waals surface area contributed by atoms with Crippen LogP contribution < -0.4 is 9.47 Å². The molecule has 0 saturated heterocycles. The van der Waals surface area contributed by atoms with Crippen LogP contribution in [0.3, 0.4) is 0 Å². The number of carbonyl (C=O) groups excluding carboxylic acids is 1. The van der Waals surface area contributed by atoms with Crippen molar-refractivity contribution in [3.63, 3.8) is 0 Å². The van der Waals surface area contributed by atoms with Crippen LogP contribution in [0.2, 0.25) is 0 Å². The predicted molar refractivity (Wildman–Crippen MR) is 120 cm³/mol. The highest BCUT2D eigenvalue weighted by atomic mass is 19.4. The van der Waals surface area contributed by atoms with Crippen molar-refractivity contribution >= 4 is 5.97 Å². The molecular formula is C26H26F3NO3. The number of ether oxygens (including phenoxy) is 2. The molecule has 1 atom stereocenters. The molecule has 174 valence electrons. The average molecular weight is 457 g/mol. The maximum absolute atomic E-state index is 12.9. The van der Waals surface area contributed by atoms with Crippen LogP contribution in [0, 0.1) is 6.92 Å². The summed E-state index contributed by atoms with van der Waals surface area (Å²) in [4.78, 5) is 15.9. The van der Waals surface area contributed by atoms with Gasteiger partial charge in [0.05, 0.1) is 17.0 Å². The second-order valence-electron chi connectivity index (χ2n) is 7.79. The van der Waals surface area contributed by atoms with Gasteiger partial charge in [0.1, 0.15) is 17.6 Å². The van der Waals surface area contributed by atoms with Gasteiger partial charge in [0.2, 0.25) is 0 Å². The molecule has 0 fully saturated rings. The molecule has 0 amide bonds. The van der Waals surface area contributed by atoms with Crippen molar-refractivity contribution in [1.29, 1.82) is 0 Å². The first-order valence-electron chi connectivity index (χ1n) is 10.8. The number of unbranched alkanes of at least 4 members (excludes halogenated alkanes) is 1. The molecule has 0 bridgehead atoms. The SMILES string of the molecule is CCCC[C@H](Oc1ccc(OC(C)=O)c(C)c1)c1cccc(-c2ccc(C(F)(F)F)cc2)n1. The van der Waals surface area contributed by atoms with Gasteiger partial charge in [0, 0.05) is 12.5 Å². The normalized spacial score (nSPS) is 12.3. The highest BCUT2D eigenvalue weighted by molar-refractivity contribution is 5.70. The highest BCUT2D eigenvalue weighted by Gasteiger charge is 2.30. The number of halogens is 3. The molecular weight excluding hydrogens is 431 g/mol. The molecule has 3 aromatic rings. The molecule has 1 aromatic heterocycles. The van der Waals surface area contributed by atoms with Gasteiger partial charge in [-0.3, -0.25) is 4.79 Å². The zero-order valence-electron chi connectivity index (χ0n) is 18.8. The van der Waals surface area contributed by atoms with Crippen LogP contribution in [-0.4, -0.2) is 11.0 Å². The fourth-order valence-corrected chi connectivity index (χ4v) is 3.41. The van der Waals surface area contributed by atoms with Gasteiger partial charge in [-0.05, 0) is 67.8 Å². The number of benzene rings is 2. The summed E-state index contributed by atoms with van der Waals surface area (Å²) in [5.41, 5.74) is 1.94. The van der Waals surface area contributed by atoms with Crippen LogP contribution in [0.15, 0.2) is 60.7 Å². The summed E-state index contributed by atoms with van der Waals surface area (Å²) >= 11 is 0. The minimum atomic E-state index is -4.38. The number of aryl methyl sites for hydroxylation is 1. The molecule has 0 aliphatic heterocycles. The number of carbonyl (C=O) groups is 1. The van der Waals surface area contributed by atoms with Gasteiger partial charge in [-0.2, -0.15) is 13.2 Å². The molecule has 2 aromatic carbocycles. The van der Waals surface area contributed by atoms with Crippen LogP contribution in [-0.2, 0) is 11.0 Å². The van der Waals surface area contributed by atoms with Crippen LogP contribution in [0.5, 0.6) is 11.5 Å². The third kappa shape index (κ3) is 6.57. The van der Waals surface area contributed by atoms with Crippen molar-refractivity contribution in [2.75, 3.05) is 0 Å². The minimum Gasteiger partial charge on any atom is -0.484 e. The van der Waals surface area contributed by atoms with E-state index >= 15 is 0 Å². The Hall–Kier alpha value is -3.35. The first kappa shape index (κ1) is 24.3. The minimum absolute atomic E-state index is 0.335. The van der Waals surface area contributed by atoms with Gasteiger partial charge in [-0.15, -0.1) is 0 Å². The lowest BCUT2D eigenvalue weighted by molar-refractivity contribution is -0.137. The van der Waals surface area contributed by atoms with Crippen molar-refractivity contribution < 1.29 is 27.4 Å². The Balaban J connectivity index is 1.86. The molecule has 4 nitrogen and oxygen atoms in total. The number of rotatable bonds is 8. The maximum atomic E-state index is 12.9. The van der Waals surface area contributed by atoms with E-state index in [1.165, 1.54) is 19.1 Å². The lowest BCUT2D eigenvalue weighted by atomic mass is 10.1. The smallest absolute Gasteiger partial charge is 0.416 e. The van der Waals surface area contributed by atoms with E-state index in [-0.39, 0.29) is 6.10 Å². The van der Waals surface area contributed by atoms with E-state index in [0.717, 1.165) is 37.0 Å². The zero-order valence-corrected chi connectivity index (χ0v) is 18.8. The molecule has 0 spiro atoms. The molecule has 0 N–H and O–H groups in total. The van der Waals surface area contributed by atoms with Gasteiger partial charge >= 0.3 is 12.1 Å². The number of esters is 1. The summed E-state index contributed by atoms with van der Waals surface area (Å²) in [5.74, 6) is 0.700. The van der Waals surface area contributed by atoms with Crippen molar-refractivity contribution in [2.24, 2.45) is 0 Å². The summed E-state index contributed by atoms with van der Waals surface area (Å²) < 4.78 is 50.0. The summed E-state index contributed by atoms with van der Waals surface area (Å²) in [6, 6.07) is 15.6. The van der Waals surface area contributed by atoms with E-state index in [9.17, 15) is 18.0 Å². The molecule has 1 heterocycles. The van der Waals surface area contributed by atoms with E-state index in [0.29, 0.717) is 28.5 Å². The number of alkyl halides is 3. The largest absolute Gasteiger partial charge is 0.484 e. The summed E-state index contributed by atoms with van der Waals surface area (Å²) in [7, 11) is 0. The number of pyridine rings is 1. The van der Waals surface area contributed by atoms with Crippen LogP contribution in [0.1, 0.15) is 56.0 Å². The molecule has 0 saturated carbocycles. The second-order valence-corrected chi connectivity index (χ2v) is 7.79. The molecule has 0 aliphatic carbocycles.